The molecule has 1 atom stereocenters. The number of nitrogens with one attached hydrogen (secondary N) is 1. The zero-order valence-electron chi connectivity index (χ0n) is 14.3. The Bertz CT molecular complexity index is 663. The van der Waals surface area contributed by atoms with Crippen LogP contribution in [0.2, 0.25) is 0 Å². The molecule has 2 aliphatic rings. The third kappa shape index (κ3) is 3.38. The summed E-state index contributed by atoms with van der Waals surface area (Å²) in [6.45, 7) is 2.26. The zero-order chi connectivity index (χ0) is 17.2. The van der Waals surface area contributed by atoms with Gasteiger partial charge in [-0.05, 0) is 50.3 Å². The van der Waals surface area contributed by atoms with Crippen LogP contribution >= 0.6 is 0 Å². The fourth-order valence-electron chi connectivity index (χ4n) is 3.76. The lowest BCUT2D eigenvalue weighted by molar-refractivity contribution is 0.234. The number of sulfonamides is 1. The molecule has 0 radical (unpaired) electrons. The predicted octanol–water partition coefficient (Wildman–Crippen LogP) is 1.86. The van der Waals surface area contributed by atoms with Crippen molar-refractivity contribution in [3.05, 3.63) is 18.2 Å². The van der Waals surface area contributed by atoms with Gasteiger partial charge in [0.25, 0.3) is 0 Å². The van der Waals surface area contributed by atoms with Crippen molar-refractivity contribution in [2.24, 2.45) is 5.92 Å². The van der Waals surface area contributed by atoms with E-state index in [1.54, 1.807) is 22.5 Å². The summed E-state index contributed by atoms with van der Waals surface area (Å²) in [5.74, 6) is 1.55. The minimum Gasteiger partial charge on any atom is -0.493 e. The molecule has 0 amide bonds. The minimum atomic E-state index is -3.49. The van der Waals surface area contributed by atoms with E-state index in [1.807, 2.05) is 0 Å². The van der Waals surface area contributed by atoms with E-state index in [1.165, 1.54) is 27.1 Å². The number of nitrogens with zero attached hydrogens (tertiary/aromatic N) is 1. The van der Waals surface area contributed by atoms with Gasteiger partial charge in [-0.15, -0.1) is 0 Å². The molecule has 0 spiro atoms. The topological polar surface area (TPSA) is 67.9 Å². The van der Waals surface area contributed by atoms with E-state index in [4.69, 9.17) is 9.47 Å². The average molecular weight is 354 g/mol. The molecule has 6 nitrogen and oxygen atoms in total. The molecule has 1 unspecified atom stereocenters. The second-order valence-electron chi connectivity index (χ2n) is 6.46. The highest BCUT2D eigenvalue weighted by atomic mass is 32.2. The SMILES string of the molecule is COc1ccc(S(=O)(=O)N2CCC(C3CCCN3)CC2)cc1OC. The van der Waals surface area contributed by atoms with Crippen LogP contribution in [0.25, 0.3) is 0 Å². The van der Waals surface area contributed by atoms with Crippen LogP contribution in [0.4, 0.5) is 0 Å². The zero-order valence-corrected chi connectivity index (χ0v) is 15.1. The molecule has 2 aliphatic heterocycles. The number of hydrogen-bond acceptors (Lipinski definition) is 5. The Hall–Kier alpha value is -1.31. The standard InChI is InChI=1S/C17H26N2O4S/c1-22-16-6-5-14(12-17(16)23-2)24(20,21)19-10-7-13(8-11-19)15-4-3-9-18-15/h5-6,12-13,15,18H,3-4,7-11H2,1-2H3. The lowest BCUT2D eigenvalue weighted by Gasteiger charge is -2.34. The highest BCUT2D eigenvalue weighted by Crippen LogP contribution is 2.33. The maximum absolute atomic E-state index is 12.9. The summed E-state index contributed by atoms with van der Waals surface area (Å²) >= 11 is 0. The molecule has 1 N–H and O–H groups in total. The maximum atomic E-state index is 12.9. The van der Waals surface area contributed by atoms with Crippen molar-refractivity contribution in [1.29, 1.82) is 0 Å². The molecule has 0 aliphatic carbocycles. The van der Waals surface area contributed by atoms with Gasteiger partial charge >= 0.3 is 0 Å². The van der Waals surface area contributed by atoms with Gasteiger partial charge in [0.2, 0.25) is 10.0 Å². The number of piperidine rings is 1. The number of rotatable bonds is 5. The molecule has 1 aromatic carbocycles. The van der Waals surface area contributed by atoms with E-state index in [0.29, 0.717) is 36.5 Å². The first-order valence-electron chi connectivity index (χ1n) is 8.52. The molecule has 24 heavy (non-hydrogen) atoms. The Morgan fingerprint density at radius 1 is 1.08 bits per heavy atom. The van der Waals surface area contributed by atoms with E-state index in [-0.39, 0.29) is 4.90 Å². The van der Waals surface area contributed by atoms with Gasteiger partial charge in [0, 0.05) is 25.2 Å². The molecule has 2 heterocycles. The number of ether oxygens (including phenoxy) is 2. The Morgan fingerprint density at radius 2 is 1.79 bits per heavy atom. The molecular weight excluding hydrogens is 328 g/mol. The fraction of sp³-hybridized carbons (Fsp3) is 0.647. The number of benzene rings is 1. The third-order valence-corrected chi connectivity index (χ3v) is 7.05. The van der Waals surface area contributed by atoms with Crippen LogP contribution in [-0.2, 0) is 10.0 Å². The molecule has 7 heteroatoms. The van der Waals surface area contributed by atoms with Gasteiger partial charge in [0.1, 0.15) is 0 Å². The summed E-state index contributed by atoms with van der Waals surface area (Å²) in [5, 5.41) is 3.54. The average Bonchev–Trinajstić information content (AvgIpc) is 3.15. The number of hydrogen-bond donors (Lipinski definition) is 1. The first-order valence-corrected chi connectivity index (χ1v) is 9.96. The first-order chi connectivity index (χ1) is 11.6. The van der Waals surface area contributed by atoms with E-state index in [9.17, 15) is 8.42 Å². The summed E-state index contributed by atoms with van der Waals surface area (Å²) in [5.41, 5.74) is 0. The van der Waals surface area contributed by atoms with E-state index >= 15 is 0 Å². The van der Waals surface area contributed by atoms with Crippen molar-refractivity contribution in [2.45, 2.75) is 36.6 Å². The highest BCUT2D eigenvalue weighted by Gasteiger charge is 2.33. The lowest BCUT2D eigenvalue weighted by Crippen LogP contribution is -2.43. The van der Waals surface area contributed by atoms with Crippen molar-refractivity contribution in [1.82, 2.24) is 9.62 Å². The monoisotopic (exact) mass is 354 g/mol. The van der Waals surface area contributed by atoms with E-state index in [0.717, 1.165) is 19.4 Å². The van der Waals surface area contributed by atoms with Crippen LogP contribution in [0.15, 0.2) is 23.1 Å². The normalized spacial score (nSPS) is 23.3. The third-order valence-electron chi connectivity index (χ3n) is 5.16. The highest BCUT2D eigenvalue weighted by molar-refractivity contribution is 7.89. The molecule has 3 rings (SSSR count). The van der Waals surface area contributed by atoms with Gasteiger partial charge in [-0.25, -0.2) is 8.42 Å². The van der Waals surface area contributed by atoms with Gasteiger partial charge < -0.3 is 14.8 Å². The molecule has 0 saturated carbocycles. The van der Waals surface area contributed by atoms with Crippen molar-refractivity contribution < 1.29 is 17.9 Å². The van der Waals surface area contributed by atoms with Gasteiger partial charge in [-0.1, -0.05) is 0 Å². The van der Waals surface area contributed by atoms with Crippen LogP contribution in [0, 0.1) is 5.92 Å². The Labute approximate surface area is 144 Å². The van der Waals surface area contributed by atoms with Gasteiger partial charge in [0.05, 0.1) is 19.1 Å². The summed E-state index contributed by atoms with van der Waals surface area (Å²) < 4.78 is 37.8. The maximum Gasteiger partial charge on any atom is 0.243 e. The van der Waals surface area contributed by atoms with Crippen LogP contribution in [0.5, 0.6) is 11.5 Å². The molecular formula is C17H26N2O4S. The smallest absolute Gasteiger partial charge is 0.243 e. The van der Waals surface area contributed by atoms with Crippen molar-refractivity contribution in [3.8, 4) is 11.5 Å². The molecule has 1 aromatic rings. The van der Waals surface area contributed by atoms with Gasteiger partial charge in [-0.3, -0.25) is 0 Å². The summed E-state index contributed by atoms with van der Waals surface area (Å²) in [6.07, 6.45) is 4.29. The summed E-state index contributed by atoms with van der Waals surface area (Å²) in [6, 6.07) is 5.33. The second-order valence-corrected chi connectivity index (χ2v) is 8.40. The summed E-state index contributed by atoms with van der Waals surface area (Å²) in [4.78, 5) is 0.262. The Morgan fingerprint density at radius 3 is 2.38 bits per heavy atom. The molecule has 2 saturated heterocycles. The summed E-state index contributed by atoms with van der Waals surface area (Å²) in [7, 11) is -0.445. The van der Waals surface area contributed by atoms with Gasteiger partial charge in [0.15, 0.2) is 11.5 Å². The molecule has 134 valence electrons. The van der Waals surface area contributed by atoms with Crippen LogP contribution in [0.3, 0.4) is 0 Å². The molecule has 0 bridgehead atoms. The predicted molar refractivity (Wildman–Crippen MR) is 92.1 cm³/mol. The Kier molecular flexibility index (Phi) is 5.32. The minimum absolute atomic E-state index is 0.262. The molecule has 2 fully saturated rings. The second kappa shape index (κ2) is 7.29. The van der Waals surface area contributed by atoms with Gasteiger partial charge in [-0.2, -0.15) is 4.31 Å². The van der Waals surface area contributed by atoms with Crippen LogP contribution in [-0.4, -0.2) is 52.6 Å². The number of methoxy groups -OCH3 is 2. The fourth-order valence-corrected chi connectivity index (χ4v) is 5.24. The first kappa shape index (κ1) is 17.5. The van der Waals surface area contributed by atoms with Crippen molar-refractivity contribution >= 4 is 10.0 Å². The van der Waals surface area contributed by atoms with E-state index < -0.39 is 10.0 Å². The quantitative estimate of drug-likeness (QED) is 0.874. The van der Waals surface area contributed by atoms with Crippen molar-refractivity contribution in [3.63, 3.8) is 0 Å². The largest absolute Gasteiger partial charge is 0.493 e. The van der Waals surface area contributed by atoms with Crippen LogP contribution < -0.4 is 14.8 Å². The Balaban J connectivity index is 1.72. The van der Waals surface area contributed by atoms with E-state index in [2.05, 4.69) is 5.32 Å². The lowest BCUT2D eigenvalue weighted by atomic mass is 9.89. The van der Waals surface area contributed by atoms with Crippen LogP contribution in [0.1, 0.15) is 25.7 Å². The molecule has 0 aromatic heterocycles. The van der Waals surface area contributed by atoms with Crippen molar-refractivity contribution in [2.75, 3.05) is 33.9 Å².